The molecule has 3 aliphatic rings. The Labute approximate surface area is 482 Å². The number of fused-ring (bicyclic) bond motifs is 1. The standard InChI is InChI=1S/C59H68Cl4N10O6/c60-49-15-11-41(29-51(49)62)27-45-36-73(37-46(57(45)76)28-42-12-16-50(61)52(63)30-42)59(78)53(64)31-40-9-13-48(14-10-40)79-26-6-2-1-5-19-70-22-24-71(25-23-70)21-18-65-56(75)34-66-55-32-54(68-39-69-55)58(77)67-33-47(74)38-72-20-17-43-7-3-4-8-44(43)35-72/h3-4,7-16,27-30,32,39,47,53,74H,1-2,5-6,17-26,31,33-38,64H2,(H,65,75)(H,67,77)(H,66,68,69)/b45-27+,46-28+/t47-,53?/m0/s1. The number of ether oxygens (including phenoxy) is 1. The van der Waals surface area contributed by atoms with Crippen LogP contribution in [0.2, 0.25) is 20.1 Å². The number of carbonyl (C=O) groups is 4. The second-order valence-corrected chi connectivity index (χ2v) is 21.8. The molecule has 3 aliphatic heterocycles. The van der Waals surface area contributed by atoms with Crippen LogP contribution in [-0.2, 0) is 33.8 Å². The number of Topliss-reactive ketones (excluding diaryl/α,β-unsaturated/α-hetero) is 1. The second kappa shape index (κ2) is 29.5. The number of aliphatic hydroxyl groups is 1. The number of rotatable bonds is 24. The molecule has 2 fully saturated rings. The Kier molecular flexibility index (Phi) is 22.1. The molecule has 0 radical (unpaired) electrons. The van der Waals surface area contributed by atoms with Crippen LogP contribution in [0.3, 0.4) is 0 Å². The van der Waals surface area contributed by atoms with Gasteiger partial charge in [0.05, 0.1) is 45.4 Å². The van der Waals surface area contributed by atoms with Gasteiger partial charge in [0, 0.05) is 95.7 Å². The van der Waals surface area contributed by atoms with Crippen LogP contribution in [0.25, 0.3) is 12.2 Å². The first-order valence-corrected chi connectivity index (χ1v) is 28.4. The van der Waals surface area contributed by atoms with Crippen molar-refractivity contribution in [2.75, 3.05) is 97.0 Å². The molecule has 16 nitrogen and oxygen atoms in total. The van der Waals surface area contributed by atoms with E-state index < -0.39 is 18.1 Å². The van der Waals surface area contributed by atoms with Crippen LogP contribution in [0.4, 0.5) is 5.82 Å². The molecule has 0 bridgehead atoms. The van der Waals surface area contributed by atoms with E-state index in [4.69, 9.17) is 56.9 Å². The van der Waals surface area contributed by atoms with Crippen molar-refractivity contribution in [1.82, 2.24) is 40.2 Å². The summed E-state index contributed by atoms with van der Waals surface area (Å²) in [5, 5.41) is 20.8. The fraction of sp³-hybridized carbons (Fsp3) is 0.390. The predicted molar refractivity (Wildman–Crippen MR) is 313 cm³/mol. The molecule has 2 atom stereocenters. The molecule has 0 spiro atoms. The van der Waals surface area contributed by atoms with E-state index in [1.165, 1.54) is 23.5 Å². The molecular weight excluding hydrogens is 1090 g/mol. The van der Waals surface area contributed by atoms with E-state index >= 15 is 0 Å². The largest absolute Gasteiger partial charge is 0.494 e. The molecule has 0 aliphatic carbocycles. The van der Waals surface area contributed by atoms with E-state index in [0.717, 1.165) is 95.8 Å². The fourth-order valence-electron chi connectivity index (χ4n) is 9.86. The van der Waals surface area contributed by atoms with Gasteiger partial charge in [-0.3, -0.25) is 29.0 Å². The third-order valence-corrected chi connectivity index (χ3v) is 15.7. The van der Waals surface area contributed by atoms with Crippen LogP contribution in [0, 0.1) is 0 Å². The minimum Gasteiger partial charge on any atom is -0.494 e. The Balaban J connectivity index is 0.663. The minimum absolute atomic E-state index is 0.00501. The average molecular weight is 1160 g/mol. The quantitative estimate of drug-likeness (QED) is 0.0302. The summed E-state index contributed by atoms with van der Waals surface area (Å²) in [5.74, 6) is 0.0331. The summed E-state index contributed by atoms with van der Waals surface area (Å²) in [4.78, 5) is 70.1. The molecule has 6 N–H and O–H groups in total. The van der Waals surface area contributed by atoms with E-state index in [1.807, 2.05) is 36.4 Å². The summed E-state index contributed by atoms with van der Waals surface area (Å²) in [7, 11) is 0. The van der Waals surface area contributed by atoms with Crippen LogP contribution in [0.5, 0.6) is 5.75 Å². The lowest BCUT2D eigenvalue weighted by Gasteiger charge is -2.34. The highest BCUT2D eigenvalue weighted by molar-refractivity contribution is 6.42. The molecule has 5 aromatic rings. The number of benzene rings is 4. The number of carbonyl (C=O) groups excluding carboxylic acids is 4. The number of β-amino-alcohol motifs (C(OH)–C–C–N with tert-alkyl or cyclic N) is 1. The molecule has 3 amide bonds. The lowest BCUT2D eigenvalue weighted by atomic mass is 9.93. The molecule has 4 heterocycles. The van der Waals surface area contributed by atoms with E-state index in [1.54, 1.807) is 53.5 Å². The summed E-state index contributed by atoms with van der Waals surface area (Å²) in [6.07, 6.45) is 9.45. The first-order chi connectivity index (χ1) is 38.2. The second-order valence-electron chi connectivity index (χ2n) is 20.2. The highest BCUT2D eigenvalue weighted by Crippen LogP contribution is 2.29. The van der Waals surface area contributed by atoms with Gasteiger partial charge in [-0.1, -0.05) is 108 Å². The van der Waals surface area contributed by atoms with Crippen molar-refractivity contribution >= 4 is 87.9 Å². The normalized spacial score (nSPS) is 17.1. The van der Waals surface area contributed by atoms with Crippen molar-refractivity contribution in [3.05, 3.63) is 162 Å². The van der Waals surface area contributed by atoms with Crippen molar-refractivity contribution in [2.45, 2.75) is 57.2 Å². The van der Waals surface area contributed by atoms with Crippen molar-refractivity contribution in [1.29, 1.82) is 0 Å². The first-order valence-electron chi connectivity index (χ1n) is 26.9. The number of piperidine rings is 1. The van der Waals surface area contributed by atoms with E-state index in [9.17, 15) is 24.3 Å². The van der Waals surface area contributed by atoms with E-state index in [2.05, 4.69) is 52.8 Å². The predicted octanol–water partition coefficient (Wildman–Crippen LogP) is 7.47. The number of nitrogens with zero attached hydrogens (tertiary/aromatic N) is 6. The van der Waals surface area contributed by atoms with Crippen LogP contribution in [-0.4, -0.2) is 162 Å². The van der Waals surface area contributed by atoms with Gasteiger partial charge in [0.2, 0.25) is 11.8 Å². The monoisotopic (exact) mass is 1150 g/mol. The molecule has 2 saturated heterocycles. The Morgan fingerprint density at radius 2 is 1.35 bits per heavy atom. The zero-order valence-corrected chi connectivity index (χ0v) is 47.2. The average Bonchev–Trinajstić information content (AvgIpc) is 3.50. The van der Waals surface area contributed by atoms with Gasteiger partial charge in [-0.05, 0) is 109 Å². The molecule has 20 heteroatoms. The van der Waals surface area contributed by atoms with Crippen molar-refractivity contribution in [3.8, 4) is 5.75 Å². The highest BCUT2D eigenvalue weighted by atomic mass is 35.5. The van der Waals surface area contributed by atoms with E-state index in [0.29, 0.717) is 74.3 Å². The summed E-state index contributed by atoms with van der Waals surface area (Å²) >= 11 is 24.8. The topological polar surface area (TPSA) is 199 Å². The number of halogens is 4. The van der Waals surface area contributed by atoms with Crippen LogP contribution in [0.1, 0.15) is 64.0 Å². The Bertz CT molecular complexity index is 2900. The summed E-state index contributed by atoms with van der Waals surface area (Å²) in [6, 6.07) is 26.8. The van der Waals surface area contributed by atoms with Gasteiger partial charge in [-0.25, -0.2) is 9.97 Å². The number of hydrogen-bond acceptors (Lipinski definition) is 13. The lowest BCUT2D eigenvalue weighted by molar-refractivity contribution is -0.132. The molecule has 1 aromatic heterocycles. The number of piperazine rings is 1. The molecule has 418 valence electrons. The zero-order valence-electron chi connectivity index (χ0n) is 44.2. The maximum absolute atomic E-state index is 13.9. The molecule has 0 saturated carbocycles. The number of unbranched alkanes of at least 4 members (excludes halogenated alkanes) is 3. The zero-order chi connectivity index (χ0) is 55.7. The van der Waals surface area contributed by atoms with Crippen molar-refractivity contribution in [2.24, 2.45) is 5.73 Å². The van der Waals surface area contributed by atoms with Crippen LogP contribution >= 0.6 is 46.4 Å². The number of ketones is 1. The smallest absolute Gasteiger partial charge is 0.270 e. The summed E-state index contributed by atoms with van der Waals surface area (Å²) < 4.78 is 6.05. The van der Waals surface area contributed by atoms with Crippen molar-refractivity contribution in [3.63, 3.8) is 0 Å². The molecule has 79 heavy (non-hydrogen) atoms. The molecule has 1 unspecified atom stereocenters. The van der Waals surface area contributed by atoms with Gasteiger partial charge in [0.25, 0.3) is 5.91 Å². The Morgan fingerprint density at radius 1 is 0.709 bits per heavy atom. The number of aromatic nitrogens is 2. The number of nitrogens with one attached hydrogen (secondary N) is 3. The number of aliphatic hydroxyl groups excluding tert-OH is 1. The van der Waals surface area contributed by atoms with E-state index in [-0.39, 0.29) is 49.5 Å². The van der Waals surface area contributed by atoms with Gasteiger partial charge in [0.15, 0.2) is 5.78 Å². The molecule has 8 rings (SSSR count). The maximum Gasteiger partial charge on any atom is 0.270 e. The highest BCUT2D eigenvalue weighted by Gasteiger charge is 2.32. The van der Waals surface area contributed by atoms with Gasteiger partial charge >= 0.3 is 0 Å². The first kappa shape index (κ1) is 59.2. The fourth-order valence-corrected chi connectivity index (χ4v) is 10.5. The summed E-state index contributed by atoms with van der Waals surface area (Å²) in [5.41, 5.74) is 12.4. The van der Waals surface area contributed by atoms with Crippen LogP contribution in [0.15, 0.2) is 108 Å². The van der Waals surface area contributed by atoms with Crippen LogP contribution < -0.4 is 26.4 Å². The number of likely N-dealkylation sites (tertiary alicyclic amines) is 1. The third kappa shape index (κ3) is 18.0. The third-order valence-electron chi connectivity index (χ3n) is 14.2. The number of amides is 3. The number of anilines is 1. The SMILES string of the molecule is NC(Cc1ccc(OCCCCCCN2CCN(CCNC(=O)CNc3cc(C(=O)NC[C@H](O)CN4CCc5ccccc5C4)ncn3)CC2)cc1)C(=O)N1C/C(=C\c2ccc(Cl)c(Cl)c2)C(=O)/C(=C/c2ccc(Cl)c(Cl)c2)C1. The Morgan fingerprint density at radius 3 is 2.03 bits per heavy atom. The number of nitrogens with two attached hydrogens (primary N) is 1. The summed E-state index contributed by atoms with van der Waals surface area (Å²) in [6.45, 7) is 9.15. The van der Waals surface area contributed by atoms with Crippen molar-refractivity contribution < 1.29 is 29.0 Å². The number of hydrogen-bond donors (Lipinski definition) is 5. The molecule has 4 aromatic carbocycles. The maximum atomic E-state index is 13.9. The van der Waals surface area contributed by atoms with Gasteiger partial charge in [-0.2, -0.15) is 0 Å². The Hall–Kier alpha value is -5.92. The minimum atomic E-state index is -0.850. The molecular formula is C59H68Cl4N10O6. The van der Waals surface area contributed by atoms with Gasteiger partial charge < -0.3 is 41.3 Å². The van der Waals surface area contributed by atoms with Gasteiger partial charge in [-0.15, -0.1) is 0 Å². The van der Waals surface area contributed by atoms with Gasteiger partial charge in [0.1, 0.15) is 23.6 Å². The lowest BCUT2D eigenvalue weighted by Crippen LogP contribution is -2.49.